The summed E-state index contributed by atoms with van der Waals surface area (Å²) in [4.78, 5) is 15.4. The second-order valence-corrected chi connectivity index (χ2v) is 6.99. The second kappa shape index (κ2) is 8.47. The number of pyridine rings is 1. The average Bonchev–Trinajstić information content (AvgIpc) is 2.65. The summed E-state index contributed by atoms with van der Waals surface area (Å²) in [5, 5.41) is 24.1. The molecule has 1 aromatic carbocycles. The van der Waals surface area contributed by atoms with Crippen LogP contribution in [0.15, 0.2) is 30.5 Å². The molecule has 1 aliphatic heterocycles. The highest BCUT2D eigenvalue weighted by atomic mass is 16.5. The first-order chi connectivity index (χ1) is 12.6. The molecular formula is C20H26N2O4. The maximum atomic E-state index is 11.1. The Labute approximate surface area is 153 Å². The number of aromatic nitrogens is 1. The van der Waals surface area contributed by atoms with E-state index in [1.54, 1.807) is 13.3 Å². The molecule has 3 unspecified atom stereocenters. The Hall–Kier alpha value is -2.18. The molecule has 3 N–H and O–H groups in total. The number of carboxylic acid groups (broad SMARTS) is 1. The van der Waals surface area contributed by atoms with Crippen LogP contribution in [-0.4, -0.2) is 41.4 Å². The van der Waals surface area contributed by atoms with Crippen molar-refractivity contribution in [1.82, 2.24) is 10.3 Å². The molecule has 6 heteroatoms. The fourth-order valence-corrected chi connectivity index (χ4v) is 3.91. The molecule has 2 aromatic rings. The Morgan fingerprint density at radius 1 is 1.38 bits per heavy atom. The van der Waals surface area contributed by atoms with Gasteiger partial charge in [-0.15, -0.1) is 0 Å². The molecule has 1 saturated heterocycles. The van der Waals surface area contributed by atoms with Crippen LogP contribution in [0.4, 0.5) is 0 Å². The van der Waals surface area contributed by atoms with Gasteiger partial charge < -0.3 is 20.3 Å². The first kappa shape index (κ1) is 18.6. The maximum absolute atomic E-state index is 11.1. The molecule has 0 saturated carbocycles. The summed E-state index contributed by atoms with van der Waals surface area (Å²) in [6.07, 6.45) is 3.67. The summed E-state index contributed by atoms with van der Waals surface area (Å²) in [5.74, 6) is 0.433. The van der Waals surface area contributed by atoms with Crippen molar-refractivity contribution in [3.8, 4) is 5.75 Å². The molecule has 26 heavy (non-hydrogen) atoms. The molecule has 6 nitrogen and oxygen atoms in total. The highest BCUT2D eigenvalue weighted by Gasteiger charge is 2.27. The van der Waals surface area contributed by atoms with E-state index in [9.17, 15) is 9.90 Å². The van der Waals surface area contributed by atoms with Gasteiger partial charge in [0.05, 0.1) is 18.7 Å². The first-order valence-corrected chi connectivity index (χ1v) is 9.11. The molecule has 1 fully saturated rings. The summed E-state index contributed by atoms with van der Waals surface area (Å²) in [6, 6.07) is 7.50. The van der Waals surface area contributed by atoms with Gasteiger partial charge in [-0.05, 0) is 74.0 Å². The number of piperidine rings is 1. The van der Waals surface area contributed by atoms with E-state index in [-0.39, 0.29) is 12.3 Å². The fourth-order valence-electron chi connectivity index (χ4n) is 3.91. The number of aliphatic hydroxyl groups is 1. The van der Waals surface area contributed by atoms with Crippen molar-refractivity contribution in [1.29, 1.82) is 0 Å². The lowest BCUT2D eigenvalue weighted by Crippen LogP contribution is -2.37. The second-order valence-electron chi connectivity index (χ2n) is 6.99. The van der Waals surface area contributed by atoms with Crippen LogP contribution < -0.4 is 10.1 Å². The molecule has 1 aliphatic rings. The fraction of sp³-hybridized carbons (Fsp3) is 0.500. The third-order valence-electron chi connectivity index (χ3n) is 5.35. The van der Waals surface area contributed by atoms with E-state index in [1.165, 1.54) is 0 Å². The van der Waals surface area contributed by atoms with Gasteiger partial charge in [-0.25, -0.2) is 0 Å². The Balaban J connectivity index is 1.72. The topological polar surface area (TPSA) is 91.7 Å². The number of carboxylic acids is 1. The lowest BCUT2D eigenvalue weighted by Gasteiger charge is -2.32. The van der Waals surface area contributed by atoms with Crippen molar-refractivity contribution in [3.63, 3.8) is 0 Å². The van der Waals surface area contributed by atoms with E-state index >= 15 is 0 Å². The number of rotatable bonds is 7. The number of nitrogens with one attached hydrogen (secondary N) is 1. The quantitative estimate of drug-likeness (QED) is 0.705. The van der Waals surface area contributed by atoms with Crippen molar-refractivity contribution >= 4 is 16.9 Å². The third-order valence-corrected chi connectivity index (χ3v) is 5.35. The largest absolute Gasteiger partial charge is 0.497 e. The van der Waals surface area contributed by atoms with E-state index in [0.717, 1.165) is 48.1 Å². The number of fused-ring (bicyclic) bond motifs is 1. The van der Waals surface area contributed by atoms with Gasteiger partial charge in [0.25, 0.3) is 0 Å². The van der Waals surface area contributed by atoms with Crippen molar-refractivity contribution in [2.45, 2.75) is 31.8 Å². The van der Waals surface area contributed by atoms with Crippen molar-refractivity contribution in [2.24, 2.45) is 11.8 Å². The van der Waals surface area contributed by atoms with E-state index in [4.69, 9.17) is 9.84 Å². The molecule has 3 atom stereocenters. The number of hydrogen-bond donors (Lipinski definition) is 3. The SMILES string of the molecule is COc1ccc2nccc(C(O)CCC3CCNCC3CC(=O)O)c2c1. The van der Waals surface area contributed by atoms with Gasteiger partial charge in [0, 0.05) is 18.0 Å². The Morgan fingerprint density at radius 3 is 3.00 bits per heavy atom. The van der Waals surface area contributed by atoms with Crippen LogP contribution >= 0.6 is 0 Å². The normalized spacial score (nSPS) is 21.5. The van der Waals surface area contributed by atoms with Crippen LogP contribution in [-0.2, 0) is 4.79 Å². The predicted molar refractivity (Wildman–Crippen MR) is 99.2 cm³/mol. The van der Waals surface area contributed by atoms with E-state index in [1.807, 2.05) is 24.3 Å². The minimum atomic E-state index is -0.753. The summed E-state index contributed by atoms with van der Waals surface area (Å²) in [7, 11) is 1.62. The smallest absolute Gasteiger partial charge is 0.303 e. The van der Waals surface area contributed by atoms with Crippen LogP contribution in [0.1, 0.15) is 37.4 Å². The molecule has 0 amide bonds. The lowest BCUT2D eigenvalue weighted by molar-refractivity contribution is -0.138. The number of carbonyl (C=O) groups is 1. The number of benzene rings is 1. The maximum Gasteiger partial charge on any atom is 0.303 e. The summed E-state index contributed by atoms with van der Waals surface area (Å²) < 4.78 is 5.29. The summed E-state index contributed by atoms with van der Waals surface area (Å²) in [6.45, 7) is 1.65. The van der Waals surface area contributed by atoms with Gasteiger partial charge in [0.15, 0.2) is 0 Å². The molecule has 140 valence electrons. The molecule has 1 aromatic heterocycles. The zero-order valence-electron chi connectivity index (χ0n) is 15.0. The monoisotopic (exact) mass is 358 g/mol. The lowest BCUT2D eigenvalue weighted by atomic mass is 9.80. The Kier molecular flexibility index (Phi) is 6.06. The molecule has 0 aliphatic carbocycles. The van der Waals surface area contributed by atoms with E-state index in [0.29, 0.717) is 12.3 Å². The number of hydrogen-bond acceptors (Lipinski definition) is 5. The number of aliphatic hydroxyl groups excluding tert-OH is 1. The predicted octanol–water partition coefficient (Wildman–Crippen LogP) is 2.76. The number of methoxy groups -OCH3 is 1. The van der Waals surface area contributed by atoms with Gasteiger partial charge in [-0.1, -0.05) is 0 Å². The minimum Gasteiger partial charge on any atom is -0.497 e. The third kappa shape index (κ3) is 4.31. The first-order valence-electron chi connectivity index (χ1n) is 9.11. The van der Waals surface area contributed by atoms with Crippen LogP contribution in [0.25, 0.3) is 10.9 Å². The van der Waals surface area contributed by atoms with Gasteiger partial charge in [-0.3, -0.25) is 9.78 Å². The van der Waals surface area contributed by atoms with Crippen molar-refractivity contribution < 1.29 is 19.7 Å². The zero-order chi connectivity index (χ0) is 18.5. The summed E-state index contributed by atoms with van der Waals surface area (Å²) >= 11 is 0. The molecule has 0 bridgehead atoms. The number of nitrogens with zero attached hydrogens (tertiary/aromatic N) is 1. The van der Waals surface area contributed by atoms with Crippen LogP contribution in [0.3, 0.4) is 0 Å². The molecule has 2 heterocycles. The van der Waals surface area contributed by atoms with Crippen LogP contribution in [0.2, 0.25) is 0 Å². The van der Waals surface area contributed by atoms with E-state index < -0.39 is 12.1 Å². The van der Waals surface area contributed by atoms with Gasteiger partial charge in [-0.2, -0.15) is 0 Å². The zero-order valence-corrected chi connectivity index (χ0v) is 15.0. The van der Waals surface area contributed by atoms with Crippen molar-refractivity contribution in [2.75, 3.05) is 20.2 Å². The Bertz CT molecular complexity index is 765. The molecule has 0 radical (unpaired) electrons. The highest BCUT2D eigenvalue weighted by Crippen LogP contribution is 2.33. The van der Waals surface area contributed by atoms with Crippen molar-refractivity contribution in [3.05, 3.63) is 36.0 Å². The number of ether oxygens (including phenoxy) is 1. The minimum absolute atomic E-state index is 0.128. The number of aliphatic carboxylic acids is 1. The van der Waals surface area contributed by atoms with Crippen LogP contribution in [0.5, 0.6) is 5.75 Å². The molecule has 3 rings (SSSR count). The van der Waals surface area contributed by atoms with Gasteiger partial charge in [0.2, 0.25) is 0 Å². The Morgan fingerprint density at radius 2 is 2.23 bits per heavy atom. The van der Waals surface area contributed by atoms with Gasteiger partial charge in [0.1, 0.15) is 5.75 Å². The van der Waals surface area contributed by atoms with E-state index in [2.05, 4.69) is 10.3 Å². The standard InChI is InChI=1S/C20H26N2O4/c1-26-15-3-4-18-17(11-15)16(7-9-22-18)19(23)5-2-13-6-8-21-12-14(13)10-20(24)25/h3-4,7,9,11,13-14,19,21,23H,2,5-6,8,10,12H2,1H3,(H,24,25). The molecular weight excluding hydrogens is 332 g/mol. The summed E-state index contributed by atoms with van der Waals surface area (Å²) in [5.41, 5.74) is 1.67. The molecule has 0 spiro atoms. The van der Waals surface area contributed by atoms with Gasteiger partial charge >= 0.3 is 5.97 Å². The highest BCUT2D eigenvalue weighted by molar-refractivity contribution is 5.83. The van der Waals surface area contributed by atoms with Crippen LogP contribution in [0, 0.1) is 11.8 Å². The average molecular weight is 358 g/mol.